The van der Waals surface area contributed by atoms with Gasteiger partial charge in [-0.2, -0.15) is 10.3 Å². The van der Waals surface area contributed by atoms with Gasteiger partial charge in [-0.1, -0.05) is 11.6 Å². The van der Waals surface area contributed by atoms with E-state index in [4.69, 9.17) is 11.6 Å². The fraction of sp³-hybridized carbons (Fsp3) is 0. The minimum absolute atomic E-state index is 0.305. The largest absolute Gasteiger partial charge is 0.324 e. The molecule has 2 aromatic heterocycles. The molecule has 0 bridgehead atoms. The first-order valence-electron chi connectivity index (χ1n) is 4.29. The summed E-state index contributed by atoms with van der Waals surface area (Å²) in [6.07, 6.45) is 2.88. The summed E-state index contributed by atoms with van der Waals surface area (Å²) in [5, 5.41) is 14.9. The van der Waals surface area contributed by atoms with Gasteiger partial charge in [-0.05, 0) is 12.1 Å². The van der Waals surface area contributed by atoms with Gasteiger partial charge in [0.25, 0.3) is 0 Å². The molecule has 82 valence electrons. The summed E-state index contributed by atoms with van der Waals surface area (Å²) in [5.74, 6) is 0.331. The zero-order valence-electron chi connectivity index (χ0n) is 7.94. The van der Waals surface area contributed by atoms with E-state index in [0.717, 1.165) is 0 Å². The van der Waals surface area contributed by atoms with E-state index in [9.17, 15) is 4.79 Å². The van der Waals surface area contributed by atoms with Crippen LogP contribution in [0.2, 0.25) is 5.15 Å². The molecule has 0 aliphatic rings. The van der Waals surface area contributed by atoms with Crippen LogP contribution < -0.4 is 10.6 Å². The fourth-order valence-electron chi connectivity index (χ4n) is 1.02. The predicted molar refractivity (Wildman–Crippen MR) is 58.3 cm³/mol. The van der Waals surface area contributed by atoms with Crippen LogP contribution in [0.3, 0.4) is 0 Å². The average Bonchev–Trinajstić information content (AvgIpc) is 2.70. The molecule has 0 radical (unpaired) electrons. The van der Waals surface area contributed by atoms with Gasteiger partial charge in [0.15, 0.2) is 5.82 Å². The second-order valence-corrected chi connectivity index (χ2v) is 3.19. The lowest BCUT2D eigenvalue weighted by Gasteiger charge is -2.04. The molecule has 7 nitrogen and oxygen atoms in total. The topological polar surface area (TPSA) is 95.6 Å². The number of hydrogen-bond donors (Lipinski definition) is 3. The first kappa shape index (κ1) is 10.4. The number of nitrogens with zero attached hydrogens (tertiary/aromatic N) is 3. The highest BCUT2D eigenvalue weighted by Gasteiger charge is 2.04. The highest BCUT2D eigenvalue weighted by Crippen LogP contribution is 2.12. The average molecular weight is 239 g/mol. The molecule has 0 unspecified atom stereocenters. The van der Waals surface area contributed by atoms with E-state index >= 15 is 0 Å². The minimum Gasteiger partial charge on any atom is -0.308 e. The molecule has 0 saturated heterocycles. The Hall–Kier alpha value is -2.15. The molecule has 2 heterocycles. The van der Waals surface area contributed by atoms with Gasteiger partial charge in [-0.25, -0.2) is 9.78 Å². The molecule has 0 aliphatic carbocycles. The van der Waals surface area contributed by atoms with E-state index in [1.54, 1.807) is 6.07 Å². The second kappa shape index (κ2) is 4.58. The number of pyridine rings is 1. The monoisotopic (exact) mass is 238 g/mol. The summed E-state index contributed by atoms with van der Waals surface area (Å²) in [5.41, 5.74) is 0.543. The highest BCUT2D eigenvalue weighted by atomic mass is 35.5. The number of anilines is 2. The van der Waals surface area contributed by atoms with E-state index < -0.39 is 6.03 Å². The van der Waals surface area contributed by atoms with Crippen molar-refractivity contribution < 1.29 is 4.79 Å². The summed E-state index contributed by atoms with van der Waals surface area (Å²) in [7, 11) is 0. The number of carbonyl (C=O) groups is 1. The molecule has 2 aromatic rings. The van der Waals surface area contributed by atoms with Gasteiger partial charge in [0.05, 0.1) is 6.20 Å². The van der Waals surface area contributed by atoms with Crippen LogP contribution in [0.5, 0.6) is 0 Å². The zero-order valence-corrected chi connectivity index (χ0v) is 8.69. The zero-order chi connectivity index (χ0) is 11.4. The van der Waals surface area contributed by atoms with Crippen LogP contribution in [0, 0.1) is 0 Å². The molecule has 0 saturated carbocycles. The number of nitrogens with one attached hydrogen (secondary N) is 3. The summed E-state index contributed by atoms with van der Waals surface area (Å²) < 4.78 is 0. The molecule has 0 aliphatic heterocycles. The third-order valence-electron chi connectivity index (χ3n) is 1.64. The Bertz CT molecular complexity index is 485. The Balaban J connectivity index is 1.97. The Morgan fingerprint density at radius 3 is 3.00 bits per heavy atom. The lowest BCUT2D eigenvalue weighted by Crippen LogP contribution is -2.19. The first-order chi connectivity index (χ1) is 7.74. The standard InChI is InChI=1S/C8H7ClN6O/c9-6-3-5(1-2-10-6)12-8(16)13-7-4-11-15-14-7/h1-4H,(H3,10,11,12,13,14,15,16). The van der Waals surface area contributed by atoms with Crippen molar-refractivity contribution >= 4 is 29.1 Å². The number of halogens is 1. The molecule has 8 heteroatoms. The van der Waals surface area contributed by atoms with Gasteiger partial charge in [0.2, 0.25) is 0 Å². The van der Waals surface area contributed by atoms with E-state index in [1.807, 2.05) is 0 Å². The second-order valence-electron chi connectivity index (χ2n) is 2.80. The summed E-state index contributed by atoms with van der Waals surface area (Å²) in [6, 6.07) is 2.72. The highest BCUT2D eigenvalue weighted by molar-refractivity contribution is 6.29. The number of aromatic nitrogens is 4. The van der Waals surface area contributed by atoms with Crippen molar-refractivity contribution in [3.8, 4) is 0 Å². The number of carbonyl (C=O) groups excluding carboxylic acids is 1. The van der Waals surface area contributed by atoms with Crippen LogP contribution in [0.4, 0.5) is 16.3 Å². The smallest absolute Gasteiger partial charge is 0.308 e. The van der Waals surface area contributed by atoms with E-state index in [0.29, 0.717) is 16.7 Å². The Morgan fingerprint density at radius 1 is 1.44 bits per heavy atom. The quantitative estimate of drug-likeness (QED) is 0.691. The predicted octanol–water partition coefficient (Wildman–Crippen LogP) is 1.50. The molecular formula is C8H7ClN6O. The van der Waals surface area contributed by atoms with Gasteiger partial charge in [-0.15, -0.1) is 5.10 Å². The number of rotatable bonds is 2. The normalized spacial score (nSPS) is 9.81. The summed E-state index contributed by atoms with van der Waals surface area (Å²) in [4.78, 5) is 15.2. The molecule has 2 amide bonds. The van der Waals surface area contributed by atoms with Crippen LogP contribution >= 0.6 is 11.6 Å². The van der Waals surface area contributed by atoms with Crippen LogP contribution in [0.15, 0.2) is 24.5 Å². The van der Waals surface area contributed by atoms with E-state index in [1.165, 1.54) is 18.5 Å². The Kier molecular flexibility index (Phi) is 2.97. The van der Waals surface area contributed by atoms with Gasteiger partial charge >= 0.3 is 6.03 Å². The molecule has 0 fully saturated rings. The number of aromatic amines is 1. The maximum absolute atomic E-state index is 11.4. The molecule has 3 N–H and O–H groups in total. The Morgan fingerprint density at radius 2 is 2.31 bits per heavy atom. The van der Waals surface area contributed by atoms with E-state index in [-0.39, 0.29) is 0 Å². The molecule has 0 aromatic carbocycles. The van der Waals surface area contributed by atoms with Crippen molar-refractivity contribution in [2.75, 3.05) is 10.6 Å². The van der Waals surface area contributed by atoms with Crippen LogP contribution in [-0.4, -0.2) is 26.4 Å². The van der Waals surface area contributed by atoms with Crippen LogP contribution in [0.25, 0.3) is 0 Å². The van der Waals surface area contributed by atoms with Crippen molar-refractivity contribution in [1.82, 2.24) is 20.4 Å². The van der Waals surface area contributed by atoms with Gasteiger partial charge < -0.3 is 5.32 Å². The lowest BCUT2D eigenvalue weighted by molar-refractivity contribution is 0.262. The van der Waals surface area contributed by atoms with Gasteiger partial charge in [0.1, 0.15) is 5.15 Å². The van der Waals surface area contributed by atoms with E-state index in [2.05, 4.69) is 31.0 Å². The van der Waals surface area contributed by atoms with Crippen molar-refractivity contribution in [3.05, 3.63) is 29.7 Å². The molecular weight excluding hydrogens is 232 g/mol. The van der Waals surface area contributed by atoms with Crippen molar-refractivity contribution in [2.24, 2.45) is 0 Å². The van der Waals surface area contributed by atoms with Gasteiger partial charge in [-0.3, -0.25) is 5.32 Å². The molecule has 16 heavy (non-hydrogen) atoms. The number of H-pyrrole nitrogens is 1. The first-order valence-corrected chi connectivity index (χ1v) is 4.67. The maximum Gasteiger partial charge on any atom is 0.324 e. The number of urea groups is 1. The molecule has 2 rings (SSSR count). The van der Waals surface area contributed by atoms with Gasteiger partial charge in [0, 0.05) is 11.9 Å². The van der Waals surface area contributed by atoms with Crippen LogP contribution in [0.1, 0.15) is 0 Å². The molecule has 0 spiro atoms. The van der Waals surface area contributed by atoms with Crippen molar-refractivity contribution in [1.29, 1.82) is 0 Å². The SMILES string of the molecule is O=C(Nc1ccnc(Cl)c1)Nc1cn[nH]n1. The molecule has 0 atom stereocenters. The maximum atomic E-state index is 11.4. The lowest BCUT2D eigenvalue weighted by atomic mass is 10.4. The summed E-state index contributed by atoms with van der Waals surface area (Å²) >= 11 is 5.66. The number of amides is 2. The van der Waals surface area contributed by atoms with Crippen molar-refractivity contribution in [3.63, 3.8) is 0 Å². The van der Waals surface area contributed by atoms with Crippen molar-refractivity contribution in [2.45, 2.75) is 0 Å². The summed E-state index contributed by atoms with van der Waals surface area (Å²) in [6.45, 7) is 0. The number of hydrogen-bond acceptors (Lipinski definition) is 4. The third kappa shape index (κ3) is 2.67. The fourth-order valence-corrected chi connectivity index (χ4v) is 1.19. The Labute approximate surface area is 95.2 Å². The minimum atomic E-state index is -0.434. The van der Waals surface area contributed by atoms with Crippen LogP contribution in [-0.2, 0) is 0 Å². The third-order valence-corrected chi connectivity index (χ3v) is 1.85.